The minimum atomic E-state index is -4.42. The van der Waals surface area contributed by atoms with Gasteiger partial charge in [0, 0.05) is 13.2 Å². The predicted octanol–water partition coefficient (Wildman–Crippen LogP) is 2.27. The van der Waals surface area contributed by atoms with Crippen molar-refractivity contribution in [1.82, 2.24) is 4.98 Å². The fourth-order valence-corrected chi connectivity index (χ4v) is 1.83. The van der Waals surface area contributed by atoms with E-state index in [0.29, 0.717) is 13.2 Å². The molecule has 0 bridgehead atoms. The van der Waals surface area contributed by atoms with E-state index in [2.05, 4.69) is 10.3 Å². The first kappa shape index (κ1) is 12.9. The minimum absolute atomic E-state index is 0.0302. The number of hydrogen-bond acceptors (Lipinski definition) is 4. The smallest absolute Gasteiger partial charge is 0.384 e. The van der Waals surface area contributed by atoms with E-state index in [1.165, 1.54) is 0 Å². The highest BCUT2D eigenvalue weighted by molar-refractivity contribution is 5.47. The molecule has 1 aromatic rings. The third kappa shape index (κ3) is 3.25. The molecule has 1 saturated heterocycles. The lowest BCUT2D eigenvalue weighted by atomic mass is 10.2. The average molecular weight is 261 g/mol. The SMILES string of the molecule is Nc1cc(C(F)(F)F)cc(NCC2CCCO2)n1. The van der Waals surface area contributed by atoms with Gasteiger partial charge in [0.05, 0.1) is 11.7 Å². The van der Waals surface area contributed by atoms with Crippen LogP contribution < -0.4 is 11.1 Å². The molecular formula is C11H14F3N3O. The van der Waals surface area contributed by atoms with Crippen molar-refractivity contribution in [3.8, 4) is 0 Å². The summed E-state index contributed by atoms with van der Waals surface area (Å²) in [4.78, 5) is 3.82. The Balaban J connectivity index is 2.05. The number of nitrogen functional groups attached to an aromatic ring is 1. The largest absolute Gasteiger partial charge is 0.416 e. The fourth-order valence-electron chi connectivity index (χ4n) is 1.83. The van der Waals surface area contributed by atoms with Crippen LogP contribution in [0.15, 0.2) is 12.1 Å². The molecular weight excluding hydrogens is 247 g/mol. The molecule has 1 unspecified atom stereocenters. The van der Waals surface area contributed by atoms with Crippen molar-refractivity contribution in [2.75, 3.05) is 24.2 Å². The van der Waals surface area contributed by atoms with E-state index in [-0.39, 0.29) is 17.7 Å². The van der Waals surface area contributed by atoms with E-state index in [9.17, 15) is 13.2 Å². The maximum absolute atomic E-state index is 12.6. The molecule has 0 aliphatic carbocycles. The summed E-state index contributed by atoms with van der Waals surface area (Å²) in [6.45, 7) is 1.14. The molecule has 0 aromatic carbocycles. The topological polar surface area (TPSA) is 60.2 Å². The summed E-state index contributed by atoms with van der Waals surface area (Å²) in [7, 11) is 0. The van der Waals surface area contributed by atoms with Crippen LogP contribution in [0.2, 0.25) is 0 Å². The van der Waals surface area contributed by atoms with Gasteiger partial charge in [-0.3, -0.25) is 0 Å². The number of alkyl halides is 3. The van der Waals surface area contributed by atoms with Gasteiger partial charge in [0.15, 0.2) is 0 Å². The molecule has 7 heteroatoms. The van der Waals surface area contributed by atoms with Crippen molar-refractivity contribution in [3.63, 3.8) is 0 Å². The molecule has 2 heterocycles. The number of halogens is 3. The molecule has 1 fully saturated rings. The van der Waals surface area contributed by atoms with Gasteiger partial charge in [-0.05, 0) is 25.0 Å². The lowest BCUT2D eigenvalue weighted by Crippen LogP contribution is -2.19. The third-order valence-corrected chi connectivity index (χ3v) is 2.71. The second kappa shape index (κ2) is 5.01. The van der Waals surface area contributed by atoms with Crippen LogP contribution in [0.5, 0.6) is 0 Å². The Kier molecular flexibility index (Phi) is 3.60. The summed E-state index contributed by atoms with van der Waals surface area (Å²) in [6, 6.07) is 1.77. The molecule has 100 valence electrons. The maximum Gasteiger partial charge on any atom is 0.416 e. The molecule has 0 saturated carbocycles. The molecule has 4 nitrogen and oxygen atoms in total. The summed E-state index contributed by atoms with van der Waals surface area (Å²) in [5.41, 5.74) is 4.56. The number of anilines is 2. The highest BCUT2D eigenvalue weighted by Gasteiger charge is 2.31. The fraction of sp³-hybridized carbons (Fsp3) is 0.545. The molecule has 0 amide bonds. The number of hydrogen-bond donors (Lipinski definition) is 2. The molecule has 1 aliphatic heterocycles. The minimum Gasteiger partial charge on any atom is -0.384 e. The van der Waals surface area contributed by atoms with Gasteiger partial charge in [0.25, 0.3) is 0 Å². The third-order valence-electron chi connectivity index (χ3n) is 2.71. The summed E-state index contributed by atoms with van der Waals surface area (Å²) < 4.78 is 43.0. The van der Waals surface area contributed by atoms with Crippen LogP contribution in [0.25, 0.3) is 0 Å². The Bertz CT molecular complexity index is 416. The summed E-state index contributed by atoms with van der Waals surface area (Å²) in [5, 5.41) is 2.82. The first-order chi connectivity index (χ1) is 8.45. The standard InChI is InChI=1S/C11H14F3N3O/c12-11(13,14)7-4-9(15)17-10(5-7)16-6-8-2-1-3-18-8/h4-5,8H,1-3,6H2,(H3,15,16,17). The van der Waals surface area contributed by atoms with Crippen LogP contribution in [0, 0.1) is 0 Å². The van der Waals surface area contributed by atoms with Crippen LogP contribution in [0.3, 0.4) is 0 Å². The van der Waals surface area contributed by atoms with Gasteiger partial charge < -0.3 is 15.8 Å². The molecule has 2 rings (SSSR count). The quantitative estimate of drug-likeness (QED) is 0.876. The second-order valence-corrected chi connectivity index (χ2v) is 4.18. The average Bonchev–Trinajstić information content (AvgIpc) is 2.77. The van der Waals surface area contributed by atoms with Crippen molar-refractivity contribution in [2.45, 2.75) is 25.1 Å². The van der Waals surface area contributed by atoms with E-state index in [1.54, 1.807) is 0 Å². The number of nitrogens with two attached hydrogens (primary N) is 1. The van der Waals surface area contributed by atoms with E-state index < -0.39 is 11.7 Å². The Morgan fingerprint density at radius 3 is 2.83 bits per heavy atom. The summed E-state index contributed by atoms with van der Waals surface area (Å²) >= 11 is 0. The van der Waals surface area contributed by atoms with Gasteiger partial charge in [-0.15, -0.1) is 0 Å². The Labute approximate surface area is 102 Å². The Morgan fingerprint density at radius 2 is 2.22 bits per heavy atom. The maximum atomic E-state index is 12.6. The Morgan fingerprint density at radius 1 is 1.44 bits per heavy atom. The van der Waals surface area contributed by atoms with Crippen molar-refractivity contribution in [3.05, 3.63) is 17.7 Å². The predicted molar refractivity (Wildman–Crippen MR) is 61.1 cm³/mol. The molecule has 0 spiro atoms. The number of rotatable bonds is 3. The zero-order valence-corrected chi connectivity index (χ0v) is 9.63. The van der Waals surface area contributed by atoms with Crippen molar-refractivity contribution >= 4 is 11.6 Å². The zero-order valence-electron chi connectivity index (χ0n) is 9.63. The van der Waals surface area contributed by atoms with E-state index in [4.69, 9.17) is 10.5 Å². The first-order valence-electron chi connectivity index (χ1n) is 5.65. The van der Waals surface area contributed by atoms with Crippen molar-refractivity contribution < 1.29 is 17.9 Å². The van der Waals surface area contributed by atoms with E-state index >= 15 is 0 Å². The van der Waals surface area contributed by atoms with Crippen LogP contribution in [-0.2, 0) is 10.9 Å². The van der Waals surface area contributed by atoms with E-state index in [1.807, 2.05) is 0 Å². The van der Waals surface area contributed by atoms with Crippen molar-refractivity contribution in [1.29, 1.82) is 0 Å². The van der Waals surface area contributed by atoms with Gasteiger partial charge in [-0.25, -0.2) is 4.98 Å². The number of pyridine rings is 1. The van der Waals surface area contributed by atoms with Crippen LogP contribution in [0.4, 0.5) is 24.8 Å². The molecule has 18 heavy (non-hydrogen) atoms. The number of nitrogens with zero attached hydrogens (tertiary/aromatic N) is 1. The van der Waals surface area contributed by atoms with Gasteiger partial charge >= 0.3 is 6.18 Å². The molecule has 1 aromatic heterocycles. The highest BCUT2D eigenvalue weighted by Crippen LogP contribution is 2.31. The van der Waals surface area contributed by atoms with Gasteiger partial charge in [0.1, 0.15) is 11.6 Å². The van der Waals surface area contributed by atoms with Crippen LogP contribution in [-0.4, -0.2) is 24.2 Å². The van der Waals surface area contributed by atoms with E-state index in [0.717, 1.165) is 25.0 Å². The van der Waals surface area contributed by atoms with Crippen LogP contribution >= 0.6 is 0 Å². The molecule has 1 atom stereocenters. The highest BCUT2D eigenvalue weighted by atomic mass is 19.4. The Hall–Kier alpha value is -1.50. The number of ether oxygens (including phenoxy) is 1. The number of nitrogens with one attached hydrogen (secondary N) is 1. The molecule has 1 aliphatic rings. The lowest BCUT2D eigenvalue weighted by molar-refractivity contribution is -0.137. The summed E-state index contributed by atoms with van der Waals surface area (Å²) in [6.07, 6.45) is -2.51. The normalized spacial score (nSPS) is 20.1. The van der Waals surface area contributed by atoms with Gasteiger partial charge in [-0.1, -0.05) is 0 Å². The molecule has 0 radical (unpaired) electrons. The first-order valence-corrected chi connectivity index (χ1v) is 5.65. The zero-order chi connectivity index (χ0) is 13.2. The molecule has 3 N–H and O–H groups in total. The summed E-state index contributed by atoms with van der Waals surface area (Å²) in [5.74, 6) is -0.0301. The van der Waals surface area contributed by atoms with Crippen molar-refractivity contribution in [2.24, 2.45) is 0 Å². The lowest BCUT2D eigenvalue weighted by Gasteiger charge is -2.13. The monoisotopic (exact) mass is 261 g/mol. The van der Waals surface area contributed by atoms with Gasteiger partial charge in [0.2, 0.25) is 0 Å². The van der Waals surface area contributed by atoms with Crippen LogP contribution in [0.1, 0.15) is 18.4 Å². The number of aromatic nitrogens is 1. The van der Waals surface area contributed by atoms with Gasteiger partial charge in [-0.2, -0.15) is 13.2 Å². The second-order valence-electron chi connectivity index (χ2n) is 4.18.